The van der Waals surface area contributed by atoms with E-state index in [2.05, 4.69) is 0 Å². The number of nitro benzene ring substituents is 1. The van der Waals surface area contributed by atoms with Crippen LogP contribution in [0.2, 0.25) is 0 Å². The van der Waals surface area contributed by atoms with Crippen LogP contribution in [0, 0.1) is 16.0 Å². The Labute approximate surface area is 97.6 Å². The summed E-state index contributed by atoms with van der Waals surface area (Å²) in [5.74, 6) is -0.101. The van der Waals surface area contributed by atoms with Crippen molar-refractivity contribution in [1.82, 2.24) is 0 Å². The standard InChI is InChI=1S/C11H12N2O4/c14-7-8-5-11(15)12(6-8)9-1-3-10(4-2-9)13(16)17/h1-4,8,14H,5-7H2/t8-/m1/s1. The molecule has 1 fully saturated rings. The van der Waals surface area contributed by atoms with Crippen LogP contribution in [0.15, 0.2) is 24.3 Å². The van der Waals surface area contributed by atoms with E-state index in [9.17, 15) is 14.9 Å². The molecule has 1 aromatic carbocycles. The fourth-order valence-corrected chi connectivity index (χ4v) is 1.91. The lowest BCUT2D eigenvalue weighted by molar-refractivity contribution is -0.384. The number of non-ortho nitro benzene ring substituents is 1. The lowest BCUT2D eigenvalue weighted by atomic mass is 10.1. The molecular formula is C11H12N2O4. The minimum atomic E-state index is -0.480. The molecule has 1 amide bonds. The molecule has 0 unspecified atom stereocenters. The van der Waals surface area contributed by atoms with Crippen molar-refractivity contribution >= 4 is 17.3 Å². The summed E-state index contributed by atoms with van der Waals surface area (Å²) in [7, 11) is 0. The van der Waals surface area contributed by atoms with E-state index in [0.717, 1.165) is 0 Å². The largest absolute Gasteiger partial charge is 0.396 e. The highest BCUT2D eigenvalue weighted by Crippen LogP contribution is 2.26. The zero-order chi connectivity index (χ0) is 12.4. The molecule has 17 heavy (non-hydrogen) atoms. The number of nitrogens with zero attached hydrogens (tertiary/aromatic N) is 2. The third-order valence-electron chi connectivity index (χ3n) is 2.84. The smallest absolute Gasteiger partial charge is 0.269 e. The number of hydrogen-bond acceptors (Lipinski definition) is 4. The molecule has 0 saturated carbocycles. The van der Waals surface area contributed by atoms with Crippen LogP contribution in [-0.2, 0) is 4.79 Å². The summed E-state index contributed by atoms with van der Waals surface area (Å²) in [6.07, 6.45) is 0.327. The molecule has 1 aromatic rings. The summed E-state index contributed by atoms with van der Waals surface area (Å²) in [6, 6.07) is 5.84. The number of aliphatic hydroxyl groups excluding tert-OH is 1. The molecule has 1 aliphatic heterocycles. The molecule has 2 rings (SSSR count). The van der Waals surface area contributed by atoms with Crippen LogP contribution in [0.4, 0.5) is 11.4 Å². The molecule has 6 heteroatoms. The molecule has 1 saturated heterocycles. The van der Waals surface area contributed by atoms with Crippen LogP contribution in [0.1, 0.15) is 6.42 Å². The van der Waals surface area contributed by atoms with E-state index in [4.69, 9.17) is 5.11 Å². The molecule has 0 aromatic heterocycles. The highest BCUT2D eigenvalue weighted by Gasteiger charge is 2.30. The summed E-state index contributed by atoms with van der Waals surface area (Å²) in [5, 5.41) is 19.5. The molecule has 1 heterocycles. The van der Waals surface area contributed by atoms with Gasteiger partial charge in [-0.05, 0) is 12.1 Å². The quantitative estimate of drug-likeness (QED) is 0.625. The summed E-state index contributed by atoms with van der Waals surface area (Å²) < 4.78 is 0. The van der Waals surface area contributed by atoms with Crippen LogP contribution >= 0.6 is 0 Å². The Morgan fingerprint density at radius 1 is 1.41 bits per heavy atom. The number of rotatable bonds is 3. The van der Waals surface area contributed by atoms with Crippen molar-refractivity contribution in [3.63, 3.8) is 0 Å². The maximum atomic E-state index is 11.6. The zero-order valence-corrected chi connectivity index (χ0v) is 9.07. The van der Waals surface area contributed by atoms with Crippen LogP contribution in [0.25, 0.3) is 0 Å². The normalized spacial score (nSPS) is 19.7. The molecule has 0 spiro atoms. The molecule has 0 radical (unpaired) electrons. The van der Waals surface area contributed by atoms with Gasteiger partial charge in [0.1, 0.15) is 0 Å². The Kier molecular flexibility index (Phi) is 3.06. The zero-order valence-electron chi connectivity index (χ0n) is 9.07. The topological polar surface area (TPSA) is 83.7 Å². The third-order valence-corrected chi connectivity index (χ3v) is 2.84. The number of carbonyl (C=O) groups is 1. The van der Waals surface area contributed by atoms with Gasteiger partial charge >= 0.3 is 0 Å². The molecule has 6 nitrogen and oxygen atoms in total. The van der Waals surface area contributed by atoms with Gasteiger partial charge in [0.05, 0.1) is 4.92 Å². The number of carbonyl (C=O) groups excluding carboxylic acids is 1. The monoisotopic (exact) mass is 236 g/mol. The van der Waals surface area contributed by atoms with E-state index in [1.807, 2.05) is 0 Å². The van der Waals surface area contributed by atoms with Gasteiger partial charge in [0.2, 0.25) is 5.91 Å². The Balaban J connectivity index is 2.18. The van der Waals surface area contributed by atoms with E-state index < -0.39 is 4.92 Å². The van der Waals surface area contributed by atoms with E-state index in [0.29, 0.717) is 18.7 Å². The highest BCUT2D eigenvalue weighted by atomic mass is 16.6. The van der Waals surface area contributed by atoms with Gasteiger partial charge in [-0.15, -0.1) is 0 Å². The van der Waals surface area contributed by atoms with Crippen molar-refractivity contribution in [2.75, 3.05) is 18.1 Å². The Bertz CT molecular complexity index is 443. The first kappa shape index (κ1) is 11.5. The molecular weight excluding hydrogens is 224 g/mol. The highest BCUT2D eigenvalue weighted by molar-refractivity contribution is 5.95. The second-order valence-corrected chi connectivity index (χ2v) is 4.03. The maximum absolute atomic E-state index is 11.6. The van der Waals surface area contributed by atoms with Crippen molar-refractivity contribution < 1.29 is 14.8 Å². The third kappa shape index (κ3) is 2.26. The Morgan fingerprint density at radius 2 is 2.06 bits per heavy atom. The van der Waals surface area contributed by atoms with E-state index in [1.54, 1.807) is 17.0 Å². The first-order chi connectivity index (χ1) is 8.11. The lowest BCUT2D eigenvalue weighted by Gasteiger charge is -2.15. The summed E-state index contributed by atoms with van der Waals surface area (Å²) in [4.78, 5) is 23.2. The van der Waals surface area contributed by atoms with Gasteiger partial charge in [-0.3, -0.25) is 14.9 Å². The van der Waals surface area contributed by atoms with E-state index >= 15 is 0 Å². The first-order valence-electron chi connectivity index (χ1n) is 5.27. The van der Waals surface area contributed by atoms with Gasteiger partial charge in [-0.1, -0.05) is 0 Å². The first-order valence-corrected chi connectivity index (χ1v) is 5.27. The number of anilines is 1. The van der Waals surface area contributed by atoms with Crippen LogP contribution in [0.3, 0.4) is 0 Å². The van der Waals surface area contributed by atoms with Gasteiger partial charge in [-0.2, -0.15) is 0 Å². The molecule has 1 aliphatic rings. The Hall–Kier alpha value is -1.95. The minimum absolute atomic E-state index is 0.000830. The summed E-state index contributed by atoms with van der Waals surface area (Å²) >= 11 is 0. The molecule has 0 bridgehead atoms. The number of nitro groups is 1. The van der Waals surface area contributed by atoms with Gasteiger partial charge in [-0.25, -0.2) is 0 Å². The number of aliphatic hydroxyl groups is 1. The second kappa shape index (κ2) is 4.50. The van der Waals surface area contributed by atoms with E-state index in [-0.39, 0.29) is 24.1 Å². The predicted molar refractivity (Wildman–Crippen MR) is 60.6 cm³/mol. The lowest BCUT2D eigenvalue weighted by Crippen LogP contribution is -2.24. The van der Waals surface area contributed by atoms with Crippen LogP contribution < -0.4 is 4.90 Å². The minimum Gasteiger partial charge on any atom is -0.396 e. The fraction of sp³-hybridized carbons (Fsp3) is 0.364. The molecule has 0 aliphatic carbocycles. The fourth-order valence-electron chi connectivity index (χ4n) is 1.91. The summed E-state index contributed by atoms with van der Waals surface area (Å²) in [6.45, 7) is 0.447. The summed E-state index contributed by atoms with van der Waals surface area (Å²) in [5.41, 5.74) is 0.635. The second-order valence-electron chi connectivity index (χ2n) is 4.03. The Morgan fingerprint density at radius 3 is 2.53 bits per heavy atom. The van der Waals surface area contributed by atoms with Gasteiger partial charge in [0.25, 0.3) is 5.69 Å². The van der Waals surface area contributed by atoms with E-state index in [1.165, 1.54) is 12.1 Å². The SMILES string of the molecule is O=C1C[C@@H](CO)CN1c1ccc([N+](=O)[O-])cc1. The number of benzene rings is 1. The number of hydrogen-bond donors (Lipinski definition) is 1. The van der Waals surface area contributed by atoms with Gasteiger partial charge in [0, 0.05) is 43.3 Å². The van der Waals surface area contributed by atoms with Crippen molar-refractivity contribution in [1.29, 1.82) is 0 Å². The van der Waals surface area contributed by atoms with Crippen LogP contribution in [-0.4, -0.2) is 29.1 Å². The predicted octanol–water partition coefficient (Wildman–Crippen LogP) is 0.940. The molecule has 90 valence electrons. The molecule has 1 atom stereocenters. The average Bonchev–Trinajstić information content (AvgIpc) is 2.71. The average molecular weight is 236 g/mol. The van der Waals surface area contributed by atoms with Crippen molar-refractivity contribution in [2.45, 2.75) is 6.42 Å². The van der Waals surface area contributed by atoms with Crippen molar-refractivity contribution in [2.24, 2.45) is 5.92 Å². The van der Waals surface area contributed by atoms with Crippen molar-refractivity contribution in [3.8, 4) is 0 Å². The molecule has 1 N–H and O–H groups in total. The maximum Gasteiger partial charge on any atom is 0.269 e. The van der Waals surface area contributed by atoms with Crippen LogP contribution in [0.5, 0.6) is 0 Å². The van der Waals surface area contributed by atoms with Gasteiger partial charge < -0.3 is 10.0 Å². The van der Waals surface area contributed by atoms with Gasteiger partial charge in [0.15, 0.2) is 0 Å². The van der Waals surface area contributed by atoms with Crippen molar-refractivity contribution in [3.05, 3.63) is 34.4 Å². The number of amides is 1.